The molecule has 0 fully saturated rings. The molecule has 0 aliphatic rings. The zero-order chi connectivity index (χ0) is 10.7. The van der Waals surface area contributed by atoms with Crippen LogP contribution in [-0.4, -0.2) is 14.0 Å². The molecule has 2 atom stereocenters. The quantitative estimate of drug-likeness (QED) is 0.517. The van der Waals surface area contributed by atoms with Gasteiger partial charge in [-0.2, -0.15) is 0 Å². The van der Waals surface area contributed by atoms with Gasteiger partial charge >= 0.3 is 0 Å². The van der Waals surface area contributed by atoms with E-state index in [1.54, 1.807) is 25.1 Å². The van der Waals surface area contributed by atoms with Gasteiger partial charge in [-0.25, -0.2) is 4.21 Å². The maximum atomic E-state index is 10.7. The van der Waals surface area contributed by atoms with Gasteiger partial charge in [-0.1, -0.05) is 0 Å². The van der Waals surface area contributed by atoms with Gasteiger partial charge in [0.2, 0.25) is 0 Å². The number of hydrogen-bond acceptors (Lipinski definition) is 3. The zero-order valence-corrected chi connectivity index (χ0v) is 8.75. The molecule has 5 heteroatoms. The van der Waals surface area contributed by atoms with Gasteiger partial charge in [0.25, 0.3) is 0 Å². The minimum Gasteiger partial charge on any atom is -0.399 e. The van der Waals surface area contributed by atoms with Gasteiger partial charge in [0.15, 0.2) is 11.1 Å². The summed E-state index contributed by atoms with van der Waals surface area (Å²) in [5, 5.41) is -0.334. The van der Waals surface area contributed by atoms with Crippen LogP contribution in [0.15, 0.2) is 18.2 Å². The Morgan fingerprint density at radius 3 is 2.71 bits per heavy atom. The first-order chi connectivity index (χ1) is 6.50. The maximum Gasteiger partial charge on any atom is 0.156 e. The molecule has 0 amide bonds. The summed E-state index contributed by atoms with van der Waals surface area (Å²) in [5.74, 6) is 0. The largest absolute Gasteiger partial charge is 0.399 e. The van der Waals surface area contributed by atoms with Gasteiger partial charge in [-0.05, 0) is 37.1 Å². The number of anilines is 2. The number of nitrogen functional groups attached to an aromatic ring is 2. The molecule has 0 aliphatic carbocycles. The molecule has 78 valence electrons. The van der Waals surface area contributed by atoms with E-state index in [0.29, 0.717) is 17.8 Å². The van der Waals surface area contributed by atoms with Crippen LogP contribution in [0.25, 0.3) is 0 Å². The highest BCUT2D eigenvalue weighted by Crippen LogP contribution is 2.18. The first-order valence-corrected chi connectivity index (χ1v) is 5.41. The highest BCUT2D eigenvalue weighted by molar-refractivity contribution is 7.79. The van der Waals surface area contributed by atoms with E-state index in [9.17, 15) is 4.21 Å². The summed E-state index contributed by atoms with van der Waals surface area (Å²) in [6, 6.07) is 5.15. The molecule has 0 saturated heterocycles. The minimum atomic E-state index is -1.82. The molecular weight excluding hydrogens is 200 g/mol. The van der Waals surface area contributed by atoms with Gasteiger partial charge in [0.1, 0.15) is 0 Å². The molecule has 0 radical (unpaired) electrons. The Kier molecular flexibility index (Phi) is 3.49. The predicted molar refractivity (Wildman–Crippen MR) is 59.2 cm³/mol. The van der Waals surface area contributed by atoms with Gasteiger partial charge in [0, 0.05) is 11.4 Å². The molecule has 1 rings (SSSR count). The number of rotatable bonds is 3. The first-order valence-electron chi connectivity index (χ1n) is 4.24. The molecule has 0 aromatic heterocycles. The number of benzene rings is 1. The molecule has 2 unspecified atom stereocenters. The fraction of sp³-hybridized carbons (Fsp3) is 0.333. The van der Waals surface area contributed by atoms with Crippen molar-refractivity contribution in [1.29, 1.82) is 0 Å². The Labute approximate surface area is 85.6 Å². The van der Waals surface area contributed by atoms with Crippen molar-refractivity contribution in [3.05, 3.63) is 23.8 Å². The summed E-state index contributed by atoms with van der Waals surface area (Å²) in [4.78, 5) is 0. The molecule has 4 nitrogen and oxygen atoms in total. The van der Waals surface area contributed by atoms with Crippen LogP contribution in [0.5, 0.6) is 0 Å². The third kappa shape index (κ3) is 2.71. The highest BCUT2D eigenvalue weighted by Gasteiger charge is 2.11. The van der Waals surface area contributed by atoms with Gasteiger partial charge < -0.3 is 16.0 Å². The SMILES string of the molecule is CC(Cc1cc(N)ccc1N)S(=O)O. The Morgan fingerprint density at radius 1 is 1.50 bits per heavy atom. The van der Waals surface area contributed by atoms with Gasteiger partial charge in [-0.15, -0.1) is 0 Å². The predicted octanol–water partition coefficient (Wildman–Crippen LogP) is 1.00. The Morgan fingerprint density at radius 2 is 2.14 bits per heavy atom. The smallest absolute Gasteiger partial charge is 0.156 e. The van der Waals surface area contributed by atoms with Gasteiger partial charge in [0.05, 0.1) is 5.25 Å². The van der Waals surface area contributed by atoms with Crippen molar-refractivity contribution in [2.24, 2.45) is 0 Å². The normalized spacial score (nSPS) is 15.0. The second-order valence-corrected chi connectivity index (χ2v) is 4.61. The molecule has 5 N–H and O–H groups in total. The summed E-state index contributed by atoms with van der Waals surface area (Å²) in [5.41, 5.74) is 13.3. The summed E-state index contributed by atoms with van der Waals surface area (Å²) in [6.45, 7) is 1.69. The Balaban J connectivity index is 2.85. The van der Waals surface area contributed by atoms with Crippen LogP contribution >= 0.6 is 0 Å². The molecule has 1 aromatic carbocycles. The summed E-state index contributed by atoms with van der Waals surface area (Å²) >= 11 is -1.82. The third-order valence-corrected chi connectivity index (χ3v) is 2.87. The van der Waals surface area contributed by atoms with E-state index in [4.69, 9.17) is 16.0 Å². The summed E-state index contributed by atoms with van der Waals surface area (Å²) in [6.07, 6.45) is 0.458. The highest BCUT2D eigenvalue weighted by atomic mass is 32.2. The lowest BCUT2D eigenvalue weighted by atomic mass is 10.1. The van der Waals surface area contributed by atoms with Crippen LogP contribution in [0.3, 0.4) is 0 Å². The van der Waals surface area contributed by atoms with E-state index in [1.807, 2.05) is 0 Å². The van der Waals surface area contributed by atoms with Crippen molar-refractivity contribution in [2.75, 3.05) is 11.5 Å². The van der Waals surface area contributed by atoms with E-state index in [2.05, 4.69) is 0 Å². The van der Waals surface area contributed by atoms with Crippen molar-refractivity contribution in [3.8, 4) is 0 Å². The van der Waals surface area contributed by atoms with E-state index >= 15 is 0 Å². The molecule has 1 aromatic rings. The molecule has 0 spiro atoms. The standard InChI is InChI=1S/C9H14N2O2S/c1-6(14(12)13)4-7-5-8(10)2-3-9(7)11/h2-3,5-6H,4,10-11H2,1H3,(H,12,13). The second-order valence-electron chi connectivity index (χ2n) is 3.25. The molecular formula is C9H14N2O2S. The van der Waals surface area contributed by atoms with Crippen molar-refractivity contribution in [1.82, 2.24) is 0 Å². The Hall–Kier alpha value is -1.07. The van der Waals surface area contributed by atoms with Crippen LogP contribution in [0.1, 0.15) is 12.5 Å². The first kappa shape index (κ1) is 11.0. The van der Waals surface area contributed by atoms with Crippen molar-refractivity contribution >= 4 is 22.5 Å². The maximum absolute atomic E-state index is 10.7. The van der Waals surface area contributed by atoms with Crippen LogP contribution in [-0.2, 0) is 17.5 Å². The minimum absolute atomic E-state index is 0.334. The topological polar surface area (TPSA) is 89.3 Å². The number of hydrogen-bond donors (Lipinski definition) is 3. The number of nitrogens with two attached hydrogens (primary N) is 2. The molecule has 0 aliphatic heterocycles. The van der Waals surface area contributed by atoms with E-state index in [0.717, 1.165) is 5.56 Å². The molecule has 14 heavy (non-hydrogen) atoms. The fourth-order valence-electron chi connectivity index (χ4n) is 1.18. The zero-order valence-electron chi connectivity index (χ0n) is 7.93. The fourth-order valence-corrected chi connectivity index (χ4v) is 1.51. The van der Waals surface area contributed by atoms with E-state index < -0.39 is 11.1 Å². The lowest BCUT2D eigenvalue weighted by Gasteiger charge is -2.10. The molecule has 0 bridgehead atoms. The van der Waals surface area contributed by atoms with E-state index in [-0.39, 0.29) is 5.25 Å². The average molecular weight is 214 g/mol. The Bertz CT molecular complexity index is 355. The summed E-state index contributed by atoms with van der Waals surface area (Å²) < 4.78 is 19.6. The van der Waals surface area contributed by atoms with Crippen molar-refractivity contribution < 1.29 is 8.76 Å². The van der Waals surface area contributed by atoms with Crippen LogP contribution < -0.4 is 11.5 Å². The van der Waals surface area contributed by atoms with Crippen LogP contribution in [0.4, 0.5) is 11.4 Å². The van der Waals surface area contributed by atoms with Crippen molar-refractivity contribution in [2.45, 2.75) is 18.6 Å². The van der Waals surface area contributed by atoms with Crippen molar-refractivity contribution in [3.63, 3.8) is 0 Å². The van der Waals surface area contributed by atoms with Crippen LogP contribution in [0, 0.1) is 0 Å². The monoisotopic (exact) mass is 214 g/mol. The van der Waals surface area contributed by atoms with E-state index in [1.165, 1.54) is 0 Å². The third-order valence-electron chi connectivity index (χ3n) is 2.02. The lowest BCUT2D eigenvalue weighted by molar-refractivity contribution is 0.550. The molecule has 0 saturated carbocycles. The second kappa shape index (κ2) is 4.43. The average Bonchev–Trinajstić information content (AvgIpc) is 2.11. The summed E-state index contributed by atoms with van der Waals surface area (Å²) in [7, 11) is 0. The van der Waals surface area contributed by atoms with Gasteiger partial charge in [-0.3, -0.25) is 0 Å². The lowest BCUT2D eigenvalue weighted by Crippen LogP contribution is -2.14. The van der Waals surface area contributed by atoms with Crippen LogP contribution in [0.2, 0.25) is 0 Å². The molecule has 0 heterocycles.